The number of hydrogen-bond donors (Lipinski definition) is 2. The van der Waals surface area contributed by atoms with E-state index in [1.165, 1.54) is 17.4 Å². The number of amides is 3. The summed E-state index contributed by atoms with van der Waals surface area (Å²) in [6.07, 6.45) is 7.30. The fourth-order valence-corrected chi connectivity index (χ4v) is 5.39. The average molecular weight is 595 g/mol. The van der Waals surface area contributed by atoms with E-state index in [4.69, 9.17) is 4.74 Å². The fourth-order valence-electron chi connectivity index (χ4n) is 5.39. The van der Waals surface area contributed by atoms with E-state index < -0.39 is 11.9 Å². The van der Waals surface area contributed by atoms with Gasteiger partial charge in [-0.2, -0.15) is 0 Å². The van der Waals surface area contributed by atoms with Crippen molar-refractivity contribution in [1.82, 2.24) is 25.2 Å². The number of ether oxygens (including phenoxy) is 1. The van der Waals surface area contributed by atoms with Crippen LogP contribution in [0.2, 0.25) is 0 Å². The van der Waals surface area contributed by atoms with Gasteiger partial charge in [-0.1, -0.05) is 39.0 Å². The number of anilines is 1. The number of benzene rings is 2. The van der Waals surface area contributed by atoms with Crippen LogP contribution >= 0.6 is 0 Å². The quantitative estimate of drug-likeness (QED) is 0.299. The van der Waals surface area contributed by atoms with E-state index in [0.29, 0.717) is 48.5 Å². The van der Waals surface area contributed by atoms with E-state index in [-0.39, 0.29) is 29.0 Å². The Kier molecular flexibility index (Phi) is 9.08. The lowest BCUT2D eigenvalue weighted by atomic mass is 9.87. The Morgan fingerprint density at radius 1 is 0.977 bits per heavy atom. The maximum Gasteiger partial charge on any atom is 0.277 e. The molecular formula is C34H38N6O4. The standard InChI is InChI=1S/C34H38N6O4/c1-34(2,3)25-9-11-27(12-10-25)40(33(43)29-21-36-22-37-29)30(24-6-5-17-35-20-24)31(41)38-26-15-18-39(19-16-26)32(42)23-7-13-28(44-4)14-8-23/h5-14,17,20-22,26,30H,15-16,18-19H2,1-4H3,(H,36,37)(H,38,41). The highest BCUT2D eigenvalue weighted by Gasteiger charge is 2.36. The number of pyridine rings is 1. The highest BCUT2D eigenvalue weighted by atomic mass is 16.5. The van der Waals surface area contributed by atoms with E-state index >= 15 is 0 Å². The molecule has 1 fully saturated rings. The summed E-state index contributed by atoms with van der Waals surface area (Å²) in [5.41, 5.74) is 3.02. The van der Waals surface area contributed by atoms with Gasteiger partial charge in [0.15, 0.2) is 0 Å². The number of nitrogens with one attached hydrogen (secondary N) is 2. The second-order valence-corrected chi connectivity index (χ2v) is 11.9. The number of carbonyl (C=O) groups is 3. The van der Waals surface area contributed by atoms with Gasteiger partial charge in [0.2, 0.25) is 5.91 Å². The number of imidazole rings is 1. The van der Waals surface area contributed by atoms with Crippen LogP contribution in [0.15, 0.2) is 85.6 Å². The van der Waals surface area contributed by atoms with Gasteiger partial charge in [-0.3, -0.25) is 24.3 Å². The van der Waals surface area contributed by atoms with Crippen molar-refractivity contribution in [1.29, 1.82) is 0 Å². The Hall–Kier alpha value is -4.99. The third kappa shape index (κ3) is 6.80. The van der Waals surface area contributed by atoms with Crippen LogP contribution < -0.4 is 15.0 Å². The van der Waals surface area contributed by atoms with Crippen LogP contribution in [0.1, 0.15) is 71.6 Å². The predicted molar refractivity (Wildman–Crippen MR) is 168 cm³/mol. The van der Waals surface area contributed by atoms with Gasteiger partial charge in [0.1, 0.15) is 17.5 Å². The zero-order chi connectivity index (χ0) is 31.3. The SMILES string of the molecule is COc1ccc(C(=O)N2CCC(NC(=O)C(c3cccnc3)N(C(=O)c3cnc[nH]3)c3ccc(C(C)(C)C)cc3)CC2)cc1. The minimum atomic E-state index is -1.00. The maximum atomic E-state index is 14.2. The molecule has 1 aliphatic rings. The van der Waals surface area contributed by atoms with Gasteiger partial charge in [0.25, 0.3) is 11.8 Å². The van der Waals surface area contributed by atoms with Crippen molar-refractivity contribution in [3.63, 3.8) is 0 Å². The summed E-state index contributed by atoms with van der Waals surface area (Å²) in [7, 11) is 1.59. The molecule has 1 saturated heterocycles. The van der Waals surface area contributed by atoms with Crippen LogP contribution in [0, 0.1) is 0 Å². The molecule has 0 spiro atoms. The lowest BCUT2D eigenvalue weighted by Gasteiger charge is -2.35. The summed E-state index contributed by atoms with van der Waals surface area (Å²) >= 11 is 0. The Morgan fingerprint density at radius 3 is 2.25 bits per heavy atom. The second-order valence-electron chi connectivity index (χ2n) is 11.9. The molecule has 2 N–H and O–H groups in total. The number of rotatable bonds is 8. The molecule has 1 aliphatic heterocycles. The summed E-state index contributed by atoms with van der Waals surface area (Å²) < 4.78 is 5.20. The van der Waals surface area contributed by atoms with Gasteiger partial charge >= 0.3 is 0 Å². The summed E-state index contributed by atoms with van der Waals surface area (Å²) in [5, 5.41) is 3.18. The molecule has 2 aromatic heterocycles. The third-order valence-electron chi connectivity index (χ3n) is 7.93. The summed E-state index contributed by atoms with van der Waals surface area (Å²) in [6.45, 7) is 7.36. The van der Waals surface area contributed by atoms with Crippen LogP contribution in [0.25, 0.3) is 0 Å². The molecule has 0 radical (unpaired) electrons. The molecule has 0 bridgehead atoms. The smallest absolute Gasteiger partial charge is 0.277 e. The molecule has 5 rings (SSSR count). The predicted octanol–water partition coefficient (Wildman–Crippen LogP) is 4.92. The largest absolute Gasteiger partial charge is 0.497 e. The summed E-state index contributed by atoms with van der Waals surface area (Å²) in [6, 6.07) is 17.1. The number of carbonyl (C=O) groups excluding carboxylic acids is 3. The summed E-state index contributed by atoms with van der Waals surface area (Å²) in [5.74, 6) is -0.0855. The molecular weight excluding hydrogens is 556 g/mol. The Morgan fingerprint density at radius 2 is 1.68 bits per heavy atom. The van der Waals surface area contributed by atoms with Gasteiger partial charge in [-0.15, -0.1) is 0 Å². The number of hydrogen-bond acceptors (Lipinski definition) is 6. The first kappa shape index (κ1) is 30.5. The van der Waals surface area contributed by atoms with Crippen LogP contribution in [0.5, 0.6) is 5.75 Å². The lowest BCUT2D eigenvalue weighted by Crippen LogP contribution is -2.50. The molecule has 10 heteroatoms. The summed E-state index contributed by atoms with van der Waals surface area (Å²) in [4.78, 5) is 55.7. The molecule has 2 aromatic carbocycles. The van der Waals surface area contributed by atoms with E-state index in [1.54, 1.807) is 60.8 Å². The monoisotopic (exact) mass is 594 g/mol. The van der Waals surface area contributed by atoms with Crippen LogP contribution in [0.4, 0.5) is 5.69 Å². The van der Waals surface area contributed by atoms with Crippen molar-refractivity contribution in [2.45, 2.75) is 51.1 Å². The number of likely N-dealkylation sites (tertiary alicyclic amines) is 1. The average Bonchev–Trinajstić information content (AvgIpc) is 3.59. The highest BCUT2D eigenvalue weighted by Crippen LogP contribution is 2.32. The Bertz CT molecular complexity index is 1560. The fraction of sp³-hybridized carbons (Fsp3) is 0.324. The van der Waals surface area contributed by atoms with Gasteiger partial charge in [-0.25, -0.2) is 4.98 Å². The molecule has 3 heterocycles. The number of piperidine rings is 1. The maximum absolute atomic E-state index is 14.2. The van der Waals surface area contributed by atoms with Crippen LogP contribution in [-0.2, 0) is 10.2 Å². The van der Waals surface area contributed by atoms with Crippen LogP contribution in [0.3, 0.4) is 0 Å². The zero-order valence-electron chi connectivity index (χ0n) is 25.5. The van der Waals surface area contributed by atoms with E-state index in [9.17, 15) is 14.4 Å². The number of H-pyrrole nitrogens is 1. The zero-order valence-corrected chi connectivity index (χ0v) is 25.5. The minimum Gasteiger partial charge on any atom is -0.497 e. The number of aromatic amines is 1. The first-order valence-electron chi connectivity index (χ1n) is 14.7. The number of nitrogens with zero attached hydrogens (tertiary/aromatic N) is 4. The van der Waals surface area contributed by atoms with Crippen LogP contribution in [-0.4, -0.2) is 63.8 Å². The Balaban J connectivity index is 1.38. The molecule has 0 aliphatic carbocycles. The number of aromatic nitrogens is 3. The van der Waals surface area contributed by atoms with Gasteiger partial charge in [0, 0.05) is 48.3 Å². The topological polar surface area (TPSA) is 121 Å². The lowest BCUT2D eigenvalue weighted by molar-refractivity contribution is -0.123. The van der Waals surface area contributed by atoms with Crippen molar-refractivity contribution in [3.05, 3.63) is 108 Å². The normalized spacial score (nSPS) is 14.5. The first-order chi connectivity index (χ1) is 21.2. The van der Waals surface area contributed by atoms with E-state index in [2.05, 4.69) is 41.0 Å². The van der Waals surface area contributed by atoms with E-state index in [0.717, 1.165) is 5.56 Å². The molecule has 3 amide bonds. The van der Waals surface area contributed by atoms with Gasteiger partial charge in [0.05, 0.1) is 19.6 Å². The molecule has 1 unspecified atom stereocenters. The second kappa shape index (κ2) is 13.1. The van der Waals surface area contributed by atoms with Gasteiger partial charge in [-0.05, 0) is 66.3 Å². The van der Waals surface area contributed by atoms with Crippen molar-refractivity contribution in [2.75, 3.05) is 25.1 Å². The molecule has 0 saturated carbocycles. The molecule has 44 heavy (non-hydrogen) atoms. The van der Waals surface area contributed by atoms with Crippen molar-refractivity contribution >= 4 is 23.4 Å². The van der Waals surface area contributed by atoms with Crippen molar-refractivity contribution in [2.24, 2.45) is 0 Å². The third-order valence-corrected chi connectivity index (χ3v) is 7.93. The molecule has 4 aromatic rings. The van der Waals surface area contributed by atoms with Gasteiger partial charge < -0.3 is 19.9 Å². The van der Waals surface area contributed by atoms with Crippen molar-refractivity contribution < 1.29 is 19.1 Å². The Labute approximate surface area is 257 Å². The minimum absolute atomic E-state index is 0.0549. The molecule has 10 nitrogen and oxygen atoms in total. The highest BCUT2D eigenvalue weighted by molar-refractivity contribution is 6.09. The number of methoxy groups -OCH3 is 1. The first-order valence-corrected chi connectivity index (χ1v) is 14.7. The van der Waals surface area contributed by atoms with Crippen molar-refractivity contribution in [3.8, 4) is 5.75 Å². The molecule has 1 atom stereocenters. The van der Waals surface area contributed by atoms with E-state index in [1.807, 2.05) is 24.3 Å². The molecule has 228 valence electrons.